The van der Waals surface area contributed by atoms with Crippen LogP contribution in [0.5, 0.6) is 0 Å². The first kappa shape index (κ1) is 22.6. The average Bonchev–Trinajstić information content (AvgIpc) is 2.62. The van der Waals surface area contributed by atoms with Gasteiger partial charge in [0.05, 0.1) is 6.67 Å². The molecule has 1 nitrogen and oxygen atoms in total. The monoisotopic (exact) mass is 417 g/mol. The van der Waals surface area contributed by atoms with Gasteiger partial charge in [0.2, 0.25) is 0 Å². The van der Waals surface area contributed by atoms with Gasteiger partial charge in [-0.05, 0) is 48.9 Å². The number of alkyl halides is 1. The fourth-order valence-electron chi connectivity index (χ4n) is 4.12. The van der Waals surface area contributed by atoms with E-state index in [1.165, 1.54) is 11.1 Å². The fraction of sp³-hybridized carbons (Fsp3) is 0.333. The zero-order valence-electron chi connectivity index (χ0n) is 16.4. The summed E-state index contributed by atoms with van der Waals surface area (Å²) < 4.78 is 13.3. The van der Waals surface area contributed by atoms with Gasteiger partial charge in [-0.1, -0.05) is 72.8 Å². The van der Waals surface area contributed by atoms with Crippen LogP contribution in [0.25, 0.3) is 0 Å². The third-order valence-electron chi connectivity index (χ3n) is 5.50. The molecule has 0 radical (unpaired) electrons. The minimum Gasteiger partial charge on any atom is -0.366 e. The SMILES string of the molecule is C=C(C)CN(Cc1ccccc1)C(=C)C1(c2ccc(Cl)cc2)CC(CF)C1.S. The first-order valence-corrected chi connectivity index (χ1v) is 9.77. The molecule has 0 unspecified atom stereocenters. The van der Waals surface area contributed by atoms with E-state index in [4.69, 9.17) is 11.6 Å². The highest BCUT2D eigenvalue weighted by Crippen LogP contribution is 2.53. The summed E-state index contributed by atoms with van der Waals surface area (Å²) in [5.41, 5.74) is 4.29. The molecule has 1 aliphatic carbocycles. The summed E-state index contributed by atoms with van der Waals surface area (Å²) in [5, 5.41) is 0.712. The number of hydrogen-bond acceptors (Lipinski definition) is 1. The minimum atomic E-state index is -0.276. The minimum absolute atomic E-state index is 0. The molecule has 0 heterocycles. The van der Waals surface area contributed by atoms with Crippen LogP contribution in [0.15, 0.2) is 79.0 Å². The van der Waals surface area contributed by atoms with Gasteiger partial charge in [0.1, 0.15) is 0 Å². The van der Waals surface area contributed by atoms with Crippen LogP contribution in [0.4, 0.5) is 4.39 Å². The van der Waals surface area contributed by atoms with Crippen LogP contribution in [0.2, 0.25) is 5.02 Å². The molecule has 4 heteroatoms. The van der Waals surface area contributed by atoms with E-state index < -0.39 is 0 Å². The topological polar surface area (TPSA) is 3.24 Å². The van der Waals surface area contributed by atoms with Crippen molar-refractivity contribution in [2.24, 2.45) is 5.92 Å². The molecule has 1 aliphatic rings. The second kappa shape index (κ2) is 9.67. The van der Waals surface area contributed by atoms with E-state index in [0.717, 1.165) is 37.2 Å². The molecule has 1 fully saturated rings. The van der Waals surface area contributed by atoms with Crippen molar-refractivity contribution in [3.05, 3.63) is 95.2 Å². The Morgan fingerprint density at radius 3 is 2.25 bits per heavy atom. The van der Waals surface area contributed by atoms with Crippen molar-refractivity contribution in [1.29, 1.82) is 0 Å². The molecule has 0 aliphatic heterocycles. The molecule has 0 saturated heterocycles. The smallest absolute Gasteiger partial charge is 0.0923 e. The summed E-state index contributed by atoms with van der Waals surface area (Å²) in [4.78, 5) is 2.29. The van der Waals surface area contributed by atoms with Gasteiger partial charge in [-0.25, -0.2) is 0 Å². The summed E-state index contributed by atoms with van der Waals surface area (Å²) >= 11 is 6.09. The van der Waals surface area contributed by atoms with E-state index in [2.05, 4.69) is 54.5 Å². The van der Waals surface area contributed by atoms with E-state index in [1.807, 2.05) is 25.1 Å². The van der Waals surface area contributed by atoms with Crippen molar-refractivity contribution in [3.8, 4) is 0 Å². The predicted octanol–water partition coefficient (Wildman–Crippen LogP) is 6.66. The summed E-state index contributed by atoms with van der Waals surface area (Å²) in [6.45, 7) is 11.9. The number of rotatable bonds is 8. The van der Waals surface area contributed by atoms with Crippen molar-refractivity contribution in [3.63, 3.8) is 0 Å². The van der Waals surface area contributed by atoms with Gasteiger partial charge in [-0.15, -0.1) is 0 Å². The lowest BCUT2D eigenvalue weighted by Crippen LogP contribution is -2.48. The molecular weight excluding hydrogens is 389 g/mol. The third-order valence-corrected chi connectivity index (χ3v) is 5.75. The van der Waals surface area contributed by atoms with Crippen molar-refractivity contribution in [1.82, 2.24) is 4.90 Å². The molecule has 0 bridgehead atoms. The van der Waals surface area contributed by atoms with Gasteiger partial charge in [0.15, 0.2) is 0 Å². The molecule has 0 amide bonds. The number of hydrogen-bond donors (Lipinski definition) is 0. The maximum atomic E-state index is 13.3. The quantitative estimate of drug-likeness (QED) is 0.434. The largest absolute Gasteiger partial charge is 0.366 e. The summed E-state index contributed by atoms with van der Waals surface area (Å²) in [6.07, 6.45) is 1.57. The molecule has 0 spiro atoms. The van der Waals surface area contributed by atoms with Crippen LogP contribution < -0.4 is 0 Å². The van der Waals surface area contributed by atoms with Gasteiger partial charge in [0, 0.05) is 29.2 Å². The van der Waals surface area contributed by atoms with Crippen LogP contribution >= 0.6 is 25.1 Å². The second-order valence-electron chi connectivity index (χ2n) is 7.76. The molecule has 0 N–H and O–H groups in total. The molecule has 0 atom stereocenters. The van der Waals surface area contributed by atoms with E-state index >= 15 is 0 Å². The van der Waals surface area contributed by atoms with Gasteiger partial charge in [-0.3, -0.25) is 4.39 Å². The fourth-order valence-corrected chi connectivity index (χ4v) is 4.25. The lowest BCUT2D eigenvalue weighted by atomic mass is 9.57. The van der Waals surface area contributed by atoms with Crippen LogP contribution in [0.3, 0.4) is 0 Å². The van der Waals surface area contributed by atoms with Gasteiger partial charge in [0.25, 0.3) is 0 Å². The number of allylic oxidation sites excluding steroid dienone is 1. The molecule has 2 aromatic carbocycles. The Kier molecular flexibility index (Phi) is 7.79. The first-order valence-electron chi connectivity index (χ1n) is 9.39. The van der Waals surface area contributed by atoms with Crippen LogP contribution in [0.1, 0.15) is 30.9 Å². The molecule has 0 aromatic heterocycles. The average molecular weight is 418 g/mol. The normalized spacial score (nSPS) is 20.6. The molecule has 3 rings (SSSR count). The van der Waals surface area contributed by atoms with E-state index in [1.54, 1.807) is 0 Å². The van der Waals surface area contributed by atoms with E-state index in [9.17, 15) is 4.39 Å². The third kappa shape index (κ3) is 4.82. The maximum absolute atomic E-state index is 13.3. The number of nitrogens with zero attached hydrogens (tertiary/aromatic N) is 1. The van der Waals surface area contributed by atoms with Crippen LogP contribution in [0, 0.1) is 5.92 Å². The molecule has 28 heavy (non-hydrogen) atoms. The Balaban J connectivity index is 0.00000280. The summed E-state index contributed by atoms with van der Waals surface area (Å²) in [7, 11) is 0. The van der Waals surface area contributed by atoms with Crippen molar-refractivity contribution in [2.45, 2.75) is 31.7 Å². The Hall–Kier alpha value is -1.71. The van der Waals surface area contributed by atoms with E-state index in [-0.39, 0.29) is 31.5 Å². The summed E-state index contributed by atoms with van der Waals surface area (Å²) in [5.74, 6) is 0.0980. The highest BCUT2D eigenvalue weighted by atomic mass is 35.5. The molecular formula is C24H29ClFNS. The molecule has 1 saturated carbocycles. The first-order chi connectivity index (χ1) is 12.9. The second-order valence-corrected chi connectivity index (χ2v) is 8.20. The Morgan fingerprint density at radius 2 is 1.71 bits per heavy atom. The van der Waals surface area contributed by atoms with Gasteiger partial charge in [-0.2, -0.15) is 13.5 Å². The Bertz CT molecular complexity index is 797. The maximum Gasteiger partial charge on any atom is 0.0923 e. The highest BCUT2D eigenvalue weighted by Gasteiger charge is 2.49. The number of halogens is 2. The zero-order valence-corrected chi connectivity index (χ0v) is 18.2. The van der Waals surface area contributed by atoms with Gasteiger partial charge < -0.3 is 4.90 Å². The van der Waals surface area contributed by atoms with Crippen LogP contribution in [-0.2, 0) is 12.0 Å². The zero-order chi connectivity index (χ0) is 19.4. The Morgan fingerprint density at radius 1 is 1.11 bits per heavy atom. The van der Waals surface area contributed by atoms with Crippen molar-refractivity contribution >= 4 is 25.1 Å². The van der Waals surface area contributed by atoms with Gasteiger partial charge >= 0.3 is 0 Å². The molecule has 150 valence electrons. The lowest BCUT2D eigenvalue weighted by molar-refractivity contribution is 0.111. The number of benzene rings is 2. The summed E-state index contributed by atoms with van der Waals surface area (Å²) in [6, 6.07) is 18.3. The highest BCUT2D eigenvalue weighted by molar-refractivity contribution is 7.59. The predicted molar refractivity (Wildman–Crippen MR) is 123 cm³/mol. The van der Waals surface area contributed by atoms with Crippen molar-refractivity contribution < 1.29 is 4.39 Å². The van der Waals surface area contributed by atoms with E-state index in [0.29, 0.717) is 5.02 Å². The lowest BCUT2D eigenvalue weighted by Gasteiger charge is -2.52. The molecule has 2 aromatic rings. The Labute approximate surface area is 180 Å². The van der Waals surface area contributed by atoms with Crippen molar-refractivity contribution in [2.75, 3.05) is 13.2 Å². The standard InChI is InChI=1S/C24H27ClFN.H2S/c1-18(2)16-27(17-20-7-5-4-6-8-20)19(3)24(13-21(14-24)15-26)22-9-11-23(25)12-10-22;/h4-12,21H,1,3,13-17H2,2H3;1H2. The van der Waals surface area contributed by atoms with Crippen LogP contribution in [-0.4, -0.2) is 18.1 Å².